The third kappa shape index (κ3) is 3.74. The van der Waals surface area contributed by atoms with Crippen LogP contribution in [0.25, 0.3) is 0 Å². The highest BCUT2D eigenvalue weighted by atomic mass is 79.9. The number of benzene rings is 1. The summed E-state index contributed by atoms with van der Waals surface area (Å²) in [6.07, 6.45) is 2.13. The van der Waals surface area contributed by atoms with E-state index in [9.17, 15) is 0 Å². The van der Waals surface area contributed by atoms with Gasteiger partial charge < -0.3 is 10.6 Å². The third-order valence-corrected chi connectivity index (χ3v) is 4.67. The monoisotopic (exact) mass is 339 g/mol. The van der Waals surface area contributed by atoms with Gasteiger partial charge in [0.05, 0.1) is 0 Å². The second-order valence-corrected chi connectivity index (χ2v) is 6.86. The molecule has 0 saturated carbocycles. The van der Waals surface area contributed by atoms with Gasteiger partial charge in [0.1, 0.15) is 0 Å². The summed E-state index contributed by atoms with van der Waals surface area (Å²) in [5.74, 6) is 0. The molecule has 0 aromatic heterocycles. The molecule has 20 heavy (non-hydrogen) atoms. The zero-order valence-corrected chi connectivity index (χ0v) is 14.4. The predicted octanol–water partition coefficient (Wildman–Crippen LogP) is 2.87. The Labute approximate surface area is 131 Å². The molecule has 1 fully saturated rings. The van der Waals surface area contributed by atoms with E-state index in [0.29, 0.717) is 6.04 Å². The van der Waals surface area contributed by atoms with E-state index in [1.165, 1.54) is 17.7 Å². The third-order valence-electron chi connectivity index (χ3n) is 4.17. The van der Waals surface area contributed by atoms with Crippen LogP contribution in [-0.2, 0) is 6.42 Å². The lowest BCUT2D eigenvalue weighted by Gasteiger charge is -2.41. The smallest absolute Gasteiger partial charge is 0.0401 e. The van der Waals surface area contributed by atoms with Crippen molar-refractivity contribution in [3.8, 4) is 0 Å². The Morgan fingerprint density at radius 2 is 2.15 bits per heavy atom. The molecule has 0 radical (unpaired) electrons. The molecular formula is C16H26BrN3. The minimum atomic E-state index is 0.192. The van der Waals surface area contributed by atoms with Gasteiger partial charge in [-0.2, -0.15) is 0 Å². The van der Waals surface area contributed by atoms with Crippen LogP contribution in [0.5, 0.6) is 0 Å². The first-order valence-electron chi connectivity index (χ1n) is 7.50. The minimum Gasteiger partial charge on any atom is -0.368 e. The molecule has 2 atom stereocenters. The normalized spacial score (nSPS) is 22.1. The van der Waals surface area contributed by atoms with Crippen LogP contribution >= 0.6 is 15.9 Å². The molecule has 2 N–H and O–H groups in total. The maximum Gasteiger partial charge on any atom is 0.0401 e. The molecule has 1 heterocycles. The number of hydrogen-bond acceptors (Lipinski definition) is 3. The summed E-state index contributed by atoms with van der Waals surface area (Å²) >= 11 is 3.58. The highest BCUT2D eigenvalue weighted by Gasteiger charge is 2.24. The zero-order valence-electron chi connectivity index (χ0n) is 12.8. The van der Waals surface area contributed by atoms with Crippen molar-refractivity contribution >= 4 is 21.6 Å². The summed E-state index contributed by atoms with van der Waals surface area (Å²) in [6, 6.07) is 7.44. The van der Waals surface area contributed by atoms with Crippen LogP contribution in [0.15, 0.2) is 22.7 Å². The Kier molecular flexibility index (Phi) is 5.47. The minimum absolute atomic E-state index is 0.192. The van der Waals surface area contributed by atoms with Crippen LogP contribution in [0, 0.1) is 0 Å². The quantitative estimate of drug-likeness (QED) is 0.915. The number of rotatable bonds is 4. The van der Waals surface area contributed by atoms with E-state index in [0.717, 1.165) is 30.5 Å². The summed E-state index contributed by atoms with van der Waals surface area (Å²) in [7, 11) is 2.23. The molecular weight excluding hydrogens is 314 g/mol. The maximum atomic E-state index is 6.01. The van der Waals surface area contributed by atoms with Gasteiger partial charge in [-0.3, -0.25) is 4.90 Å². The molecule has 3 nitrogen and oxygen atoms in total. The topological polar surface area (TPSA) is 32.5 Å². The fourth-order valence-corrected chi connectivity index (χ4v) is 3.39. The molecule has 2 unspecified atom stereocenters. The van der Waals surface area contributed by atoms with Gasteiger partial charge in [0.15, 0.2) is 0 Å². The van der Waals surface area contributed by atoms with Gasteiger partial charge in [0, 0.05) is 41.9 Å². The second-order valence-electron chi connectivity index (χ2n) is 5.94. The van der Waals surface area contributed by atoms with E-state index in [1.54, 1.807) is 0 Å². The van der Waals surface area contributed by atoms with Gasteiger partial charge in [0.2, 0.25) is 0 Å². The van der Waals surface area contributed by atoms with Crippen molar-refractivity contribution in [3.05, 3.63) is 28.2 Å². The van der Waals surface area contributed by atoms with E-state index in [4.69, 9.17) is 5.73 Å². The molecule has 1 aliphatic heterocycles. The first-order chi connectivity index (χ1) is 9.51. The van der Waals surface area contributed by atoms with E-state index in [1.807, 2.05) is 0 Å². The zero-order chi connectivity index (χ0) is 14.7. The standard InChI is InChI=1S/C16H26BrN3/c1-4-15-11-20(8-7-19(15)3)16-6-5-14(17)10-13(16)9-12(2)18/h5-6,10,12,15H,4,7-9,11,18H2,1-3H3. The molecule has 1 aromatic rings. The Balaban J connectivity index is 2.23. The van der Waals surface area contributed by atoms with Crippen molar-refractivity contribution < 1.29 is 0 Å². The molecule has 4 heteroatoms. The number of nitrogens with two attached hydrogens (primary N) is 1. The highest BCUT2D eigenvalue weighted by molar-refractivity contribution is 9.10. The second kappa shape index (κ2) is 6.92. The molecule has 0 aliphatic carbocycles. The first kappa shape index (κ1) is 15.8. The summed E-state index contributed by atoms with van der Waals surface area (Å²) in [6.45, 7) is 7.69. The molecule has 1 saturated heterocycles. The van der Waals surface area contributed by atoms with Crippen molar-refractivity contribution in [2.45, 2.75) is 38.8 Å². The Bertz CT molecular complexity index is 447. The first-order valence-corrected chi connectivity index (χ1v) is 8.29. The Morgan fingerprint density at radius 3 is 2.80 bits per heavy atom. The molecule has 1 aromatic carbocycles. The molecule has 1 aliphatic rings. The number of nitrogens with zero attached hydrogens (tertiary/aromatic N) is 2. The number of likely N-dealkylation sites (N-methyl/N-ethyl adjacent to an activating group) is 1. The van der Waals surface area contributed by atoms with Gasteiger partial charge in [-0.15, -0.1) is 0 Å². The molecule has 0 bridgehead atoms. The number of piperazine rings is 1. The van der Waals surface area contributed by atoms with Crippen molar-refractivity contribution in [1.82, 2.24) is 4.90 Å². The van der Waals surface area contributed by atoms with Crippen LogP contribution in [0.4, 0.5) is 5.69 Å². The van der Waals surface area contributed by atoms with Crippen molar-refractivity contribution in [2.24, 2.45) is 5.73 Å². The molecule has 112 valence electrons. The van der Waals surface area contributed by atoms with Crippen LogP contribution < -0.4 is 10.6 Å². The lowest BCUT2D eigenvalue weighted by molar-refractivity contribution is 0.213. The van der Waals surface area contributed by atoms with Crippen LogP contribution in [0.1, 0.15) is 25.8 Å². The predicted molar refractivity (Wildman–Crippen MR) is 90.4 cm³/mol. The van der Waals surface area contributed by atoms with E-state index < -0.39 is 0 Å². The molecule has 2 rings (SSSR count). The summed E-state index contributed by atoms with van der Waals surface area (Å²) in [5, 5.41) is 0. The van der Waals surface area contributed by atoms with E-state index in [-0.39, 0.29) is 6.04 Å². The fraction of sp³-hybridized carbons (Fsp3) is 0.625. The van der Waals surface area contributed by atoms with Gasteiger partial charge in [-0.1, -0.05) is 22.9 Å². The van der Waals surface area contributed by atoms with Crippen molar-refractivity contribution in [3.63, 3.8) is 0 Å². The van der Waals surface area contributed by atoms with Gasteiger partial charge in [-0.25, -0.2) is 0 Å². The largest absolute Gasteiger partial charge is 0.368 e. The maximum absolute atomic E-state index is 6.01. The average Bonchev–Trinajstić information content (AvgIpc) is 2.39. The van der Waals surface area contributed by atoms with E-state index in [2.05, 4.69) is 64.8 Å². The molecule has 0 spiro atoms. The van der Waals surface area contributed by atoms with Gasteiger partial charge >= 0.3 is 0 Å². The summed E-state index contributed by atoms with van der Waals surface area (Å²) in [4.78, 5) is 5.00. The van der Waals surface area contributed by atoms with Gasteiger partial charge in [0.25, 0.3) is 0 Å². The van der Waals surface area contributed by atoms with E-state index >= 15 is 0 Å². The van der Waals surface area contributed by atoms with Crippen LogP contribution in [0.3, 0.4) is 0 Å². The van der Waals surface area contributed by atoms with Crippen LogP contribution in [-0.4, -0.2) is 43.7 Å². The summed E-state index contributed by atoms with van der Waals surface area (Å²) < 4.78 is 1.14. The number of halogens is 1. The number of anilines is 1. The van der Waals surface area contributed by atoms with Crippen molar-refractivity contribution in [1.29, 1.82) is 0 Å². The molecule has 0 amide bonds. The Morgan fingerprint density at radius 1 is 1.40 bits per heavy atom. The Hall–Kier alpha value is -0.580. The van der Waals surface area contributed by atoms with Crippen LogP contribution in [0.2, 0.25) is 0 Å². The lowest BCUT2D eigenvalue weighted by Crippen LogP contribution is -2.51. The van der Waals surface area contributed by atoms with Gasteiger partial charge in [-0.05, 0) is 50.6 Å². The average molecular weight is 340 g/mol. The SMILES string of the molecule is CCC1CN(c2ccc(Br)cc2CC(C)N)CCN1C. The highest BCUT2D eigenvalue weighted by Crippen LogP contribution is 2.28. The lowest BCUT2D eigenvalue weighted by atomic mass is 10.0. The fourth-order valence-electron chi connectivity index (χ4n) is 2.98. The van der Waals surface area contributed by atoms with Crippen molar-refractivity contribution in [2.75, 3.05) is 31.6 Å². The number of hydrogen-bond donors (Lipinski definition) is 1. The summed E-state index contributed by atoms with van der Waals surface area (Å²) in [5.41, 5.74) is 8.72.